The van der Waals surface area contributed by atoms with E-state index in [9.17, 15) is 0 Å². The lowest BCUT2D eigenvalue weighted by Crippen LogP contribution is -2.35. The van der Waals surface area contributed by atoms with Gasteiger partial charge in [-0.25, -0.2) is 0 Å². The van der Waals surface area contributed by atoms with Crippen LogP contribution in [-0.2, 0) is 0 Å². The van der Waals surface area contributed by atoms with Gasteiger partial charge in [0.2, 0.25) is 0 Å². The van der Waals surface area contributed by atoms with Crippen molar-refractivity contribution >= 4 is 16.5 Å². The quantitative estimate of drug-likeness (QED) is 0.894. The van der Waals surface area contributed by atoms with Crippen LogP contribution in [-0.4, -0.2) is 30.6 Å². The van der Waals surface area contributed by atoms with Crippen LogP contribution in [0.1, 0.15) is 19.8 Å². The predicted octanol–water partition coefficient (Wildman–Crippen LogP) is 3.74. The second kappa shape index (κ2) is 5.62. The molecule has 1 aliphatic heterocycles. The molecule has 1 aliphatic rings. The maximum absolute atomic E-state index is 3.57. The molecule has 0 spiro atoms. The van der Waals surface area contributed by atoms with Gasteiger partial charge in [0.1, 0.15) is 0 Å². The second-order valence-corrected chi connectivity index (χ2v) is 5.53. The number of anilines is 1. The normalized spacial score (nSPS) is 17.7. The van der Waals surface area contributed by atoms with E-state index in [1.807, 2.05) is 0 Å². The van der Waals surface area contributed by atoms with Gasteiger partial charge in [-0.05, 0) is 55.8 Å². The van der Waals surface area contributed by atoms with Crippen molar-refractivity contribution in [3.05, 3.63) is 42.5 Å². The molecule has 3 rings (SSSR count). The summed E-state index contributed by atoms with van der Waals surface area (Å²) in [5.41, 5.74) is 1.23. The monoisotopic (exact) mass is 254 g/mol. The third-order valence-corrected chi connectivity index (χ3v) is 4.12. The summed E-state index contributed by atoms with van der Waals surface area (Å²) in [6, 6.07) is 15.7. The summed E-state index contributed by atoms with van der Waals surface area (Å²) >= 11 is 0. The average Bonchev–Trinajstić information content (AvgIpc) is 2.99. The summed E-state index contributed by atoms with van der Waals surface area (Å²) in [5.74, 6) is 0. The molecule has 1 fully saturated rings. The van der Waals surface area contributed by atoms with E-state index in [4.69, 9.17) is 0 Å². The standard InChI is InChI=1S/C17H22N2/c1-14(19-10-4-5-11-19)13-18-17-9-8-15-6-2-3-7-16(15)12-17/h2-3,6-9,12,14,18H,4-5,10-11,13H2,1H3. The number of hydrogen-bond acceptors (Lipinski definition) is 2. The fourth-order valence-corrected chi connectivity index (χ4v) is 2.88. The van der Waals surface area contributed by atoms with Gasteiger partial charge in [-0.1, -0.05) is 30.3 Å². The molecule has 2 heteroatoms. The van der Waals surface area contributed by atoms with Gasteiger partial charge in [0.25, 0.3) is 0 Å². The zero-order chi connectivity index (χ0) is 13.1. The van der Waals surface area contributed by atoms with Crippen molar-refractivity contribution in [1.82, 2.24) is 4.90 Å². The summed E-state index contributed by atoms with van der Waals surface area (Å²) in [6.07, 6.45) is 2.72. The Balaban J connectivity index is 1.64. The Labute approximate surface area is 115 Å². The van der Waals surface area contributed by atoms with Gasteiger partial charge < -0.3 is 5.32 Å². The topological polar surface area (TPSA) is 15.3 Å². The minimum Gasteiger partial charge on any atom is -0.383 e. The molecule has 0 saturated carbocycles. The van der Waals surface area contributed by atoms with E-state index in [-0.39, 0.29) is 0 Å². The van der Waals surface area contributed by atoms with Gasteiger partial charge in [0.15, 0.2) is 0 Å². The zero-order valence-electron chi connectivity index (χ0n) is 11.6. The SMILES string of the molecule is CC(CNc1ccc2ccccc2c1)N1CCCC1. The molecule has 0 amide bonds. The molecule has 0 aliphatic carbocycles. The number of likely N-dealkylation sites (tertiary alicyclic amines) is 1. The summed E-state index contributed by atoms with van der Waals surface area (Å²) in [4.78, 5) is 2.58. The van der Waals surface area contributed by atoms with Crippen molar-refractivity contribution in [3.63, 3.8) is 0 Å². The molecule has 19 heavy (non-hydrogen) atoms. The van der Waals surface area contributed by atoms with Crippen LogP contribution in [0.2, 0.25) is 0 Å². The maximum atomic E-state index is 3.57. The fourth-order valence-electron chi connectivity index (χ4n) is 2.88. The van der Waals surface area contributed by atoms with Crippen LogP contribution >= 0.6 is 0 Å². The lowest BCUT2D eigenvalue weighted by Gasteiger charge is -2.24. The molecule has 2 nitrogen and oxygen atoms in total. The highest BCUT2D eigenvalue weighted by Crippen LogP contribution is 2.19. The summed E-state index contributed by atoms with van der Waals surface area (Å²) in [6.45, 7) is 5.87. The molecule has 1 N–H and O–H groups in total. The largest absolute Gasteiger partial charge is 0.383 e. The first kappa shape index (κ1) is 12.5. The van der Waals surface area contributed by atoms with E-state index in [0.29, 0.717) is 6.04 Å². The molecule has 1 saturated heterocycles. The zero-order valence-corrected chi connectivity index (χ0v) is 11.6. The third-order valence-electron chi connectivity index (χ3n) is 4.12. The molecule has 2 aromatic rings. The van der Waals surface area contributed by atoms with Gasteiger partial charge in [-0.15, -0.1) is 0 Å². The molecule has 0 aromatic heterocycles. The predicted molar refractivity (Wildman–Crippen MR) is 82.7 cm³/mol. The first-order valence-corrected chi connectivity index (χ1v) is 7.30. The molecule has 1 heterocycles. The van der Waals surface area contributed by atoms with E-state index in [2.05, 4.69) is 59.6 Å². The second-order valence-electron chi connectivity index (χ2n) is 5.53. The summed E-state index contributed by atoms with van der Waals surface area (Å²) in [5, 5.41) is 6.18. The molecule has 0 bridgehead atoms. The Bertz CT molecular complexity index is 544. The highest BCUT2D eigenvalue weighted by Gasteiger charge is 2.17. The Morgan fingerprint density at radius 1 is 1.05 bits per heavy atom. The highest BCUT2D eigenvalue weighted by molar-refractivity contribution is 5.85. The molecule has 0 radical (unpaired) electrons. The number of hydrogen-bond donors (Lipinski definition) is 1. The first-order valence-electron chi connectivity index (χ1n) is 7.30. The van der Waals surface area contributed by atoms with Crippen LogP contribution in [0, 0.1) is 0 Å². The number of nitrogens with one attached hydrogen (secondary N) is 1. The Morgan fingerprint density at radius 2 is 1.79 bits per heavy atom. The maximum Gasteiger partial charge on any atom is 0.0347 e. The van der Waals surface area contributed by atoms with Crippen molar-refractivity contribution < 1.29 is 0 Å². The van der Waals surface area contributed by atoms with Crippen LogP contribution in [0.25, 0.3) is 10.8 Å². The van der Waals surface area contributed by atoms with Gasteiger partial charge in [-0.3, -0.25) is 4.90 Å². The van der Waals surface area contributed by atoms with Gasteiger partial charge >= 0.3 is 0 Å². The average molecular weight is 254 g/mol. The van der Waals surface area contributed by atoms with E-state index in [1.165, 1.54) is 42.4 Å². The first-order chi connectivity index (χ1) is 9.33. The van der Waals surface area contributed by atoms with Crippen molar-refractivity contribution in [2.45, 2.75) is 25.8 Å². The third kappa shape index (κ3) is 2.90. The molecular formula is C17H22N2. The molecular weight excluding hydrogens is 232 g/mol. The van der Waals surface area contributed by atoms with E-state index >= 15 is 0 Å². The minimum atomic E-state index is 0.619. The lowest BCUT2D eigenvalue weighted by molar-refractivity contribution is 0.269. The molecule has 100 valence electrons. The molecule has 2 aromatic carbocycles. The van der Waals surface area contributed by atoms with Crippen LogP contribution < -0.4 is 5.32 Å². The van der Waals surface area contributed by atoms with Gasteiger partial charge in [0.05, 0.1) is 0 Å². The lowest BCUT2D eigenvalue weighted by atomic mass is 10.1. The van der Waals surface area contributed by atoms with E-state index < -0.39 is 0 Å². The minimum absolute atomic E-state index is 0.619. The molecule has 1 atom stereocenters. The summed E-state index contributed by atoms with van der Waals surface area (Å²) in [7, 11) is 0. The van der Waals surface area contributed by atoms with Crippen molar-refractivity contribution in [2.24, 2.45) is 0 Å². The highest BCUT2D eigenvalue weighted by atomic mass is 15.2. The summed E-state index contributed by atoms with van der Waals surface area (Å²) < 4.78 is 0. The number of nitrogens with zero attached hydrogens (tertiary/aromatic N) is 1. The number of fused-ring (bicyclic) bond motifs is 1. The van der Waals surface area contributed by atoms with E-state index in [0.717, 1.165) is 6.54 Å². The van der Waals surface area contributed by atoms with Crippen molar-refractivity contribution in [3.8, 4) is 0 Å². The van der Waals surface area contributed by atoms with Crippen LogP contribution in [0.4, 0.5) is 5.69 Å². The van der Waals surface area contributed by atoms with E-state index in [1.54, 1.807) is 0 Å². The number of benzene rings is 2. The van der Waals surface area contributed by atoms with Gasteiger partial charge in [0, 0.05) is 18.3 Å². The van der Waals surface area contributed by atoms with Crippen LogP contribution in [0.3, 0.4) is 0 Å². The van der Waals surface area contributed by atoms with Crippen LogP contribution in [0.15, 0.2) is 42.5 Å². The smallest absolute Gasteiger partial charge is 0.0347 e. The van der Waals surface area contributed by atoms with Crippen molar-refractivity contribution in [1.29, 1.82) is 0 Å². The Morgan fingerprint density at radius 3 is 2.58 bits per heavy atom. The Kier molecular flexibility index (Phi) is 3.69. The van der Waals surface area contributed by atoms with Crippen molar-refractivity contribution in [2.75, 3.05) is 25.0 Å². The molecule has 1 unspecified atom stereocenters. The number of rotatable bonds is 4. The van der Waals surface area contributed by atoms with Gasteiger partial charge in [-0.2, -0.15) is 0 Å². The fraction of sp³-hybridized carbons (Fsp3) is 0.412. The Hall–Kier alpha value is -1.54. The van der Waals surface area contributed by atoms with Crippen LogP contribution in [0.5, 0.6) is 0 Å².